The van der Waals surface area contributed by atoms with Crippen LogP contribution in [0.2, 0.25) is 0 Å². The van der Waals surface area contributed by atoms with E-state index in [9.17, 15) is 18.0 Å². The molecule has 0 spiro atoms. The van der Waals surface area contributed by atoms with Gasteiger partial charge in [-0.15, -0.1) is 0 Å². The van der Waals surface area contributed by atoms with Crippen LogP contribution in [0.25, 0.3) is 10.9 Å². The molecule has 0 bridgehead atoms. The van der Waals surface area contributed by atoms with Gasteiger partial charge in [-0.25, -0.2) is 0 Å². The van der Waals surface area contributed by atoms with Gasteiger partial charge in [-0.2, -0.15) is 13.2 Å². The fourth-order valence-corrected chi connectivity index (χ4v) is 4.34. The minimum Gasteiger partial charge on any atom is -0.341 e. The van der Waals surface area contributed by atoms with Gasteiger partial charge in [-0.3, -0.25) is 4.79 Å². The molecular weight excluding hydrogens is 365 g/mol. The van der Waals surface area contributed by atoms with Crippen molar-refractivity contribution in [3.8, 4) is 0 Å². The molecule has 144 valence electrons. The number of aromatic nitrogens is 1. The van der Waals surface area contributed by atoms with Gasteiger partial charge < -0.3 is 9.47 Å². The van der Waals surface area contributed by atoms with Crippen LogP contribution in [-0.2, 0) is 24.1 Å². The first-order valence-electron chi connectivity index (χ1n) is 9.45. The Morgan fingerprint density at radius 1 is 1.00 bits per heavy atom. The molecule has 1 aliphatic heterocycles. The summed E-state index contributed by atoms with van der Waals surface area (Å²) < 4.78 is 40.4. The van der Waals surface area contributed by atoms with Crippen LogP contribution in [0.15, 0.2) is 54.6 Å². The van der Waals surface area contributed by atoms with Gasteiger partial charge in [0.05, 0.1) is 12.1 Å². The molecule has 1 saturated carbocycles. The van der Waals surface area contributed by atoms with E-state index in [0.717, 1.165) is 29.9 Å². The monoisotopic (exact) mass is 384 g/mol. The number of alkyl halides is 3. The Morgan fingerprint density at radius 3 is 2.50 bits per heavy atom. The first-order chi connectivity index (χ1) is 13.4. The minimum absolute atomic E-state index is 0.0302. The molecule has 1 amide bonds. The molecule has 1 fully saturated rings. The fourth-order valence-electron chi connectivity index (χ4n) is 4.34. The molecule has 2 unspecified atom stereocenters. The molecule has 0 N–H and O–H groups in total. The van der Waals surface area contributed by atoms with Gasteiger partial charge in [0, 0.05) is 30.2 Å². The van der Waals surface area contributed by atoms with Gasteiger partial charge in [-0.05, 0) is 47.6 Å². The fraction of sp³-hybridized carbons (Fsp3) is 0.318. The van der Waals surface area contributed by atoms with Gasteiger partial charge >= 0.3 is 6.18 Å². The number of benzene rings is 2. The highest BCUT2D eigenvalue weighted by Gasteiger charge is 2.46. The lowest BCUT2D eigenvalue weighted by atomic mass is 10.1. The highest BCUT2D eigenvalue weighted by atomic mass is 19.4. The van der Waals surface area contributed by atoms with Crippen LogP contribution in [0.5, 0.6) is 0 Å². The van der Waals surface area contributed by atoms with Crippen LogP contribution in [0, 0.1) is 5.92 Å². The topological polar surface area (TPSA) is 25.2 Å². The van der Waals surface area contributed by atoms with E-state index in [1.165, 1.54) is 23.0 Å². The molecule has 1 aliphatic carbocycles. The first-order valence-corrected chi connectivity index (χ1v) is 9.45. The van der Waals surface area contributed by atoms with Crippen molar-refractivity contribution in [3.05, 3.63) is 71.4 Å². The third-order valence-corrected chi connectivity index (χ3v) is 5.93. The summed E-state index contributed by atoms with van der Waals surface area (Å²) in [7, 11) is 0. The highest BCUT2D eigenvalue weighted by molar-refractivity contribution is 5.84. The number of rotatable bonds is 2. The Morgan fingerprint density at radius 2 is 1.75 bits per heavy atom. The van der Waals surface area contributed by atoms with E-state index >= 15 is 0 Å². The van der Waals surface area contributed by atoms with Gasteiger partial charge in [-0.1, -0.05) is 30.3 Å². The summed E-state index contributed by atoms with van der Waals surface area (Å²) in [4.78, 5) is 14.8. The minimum atomic E-state index is -4.33. The van der Waals surface area contributed by atoms with E-state index in [1.54, 1.807) is 0 Å². The molecule has 5 rings (SSSR count). The predicted octanol–water partition coefficient (Wildman–Crippen LogP) is 4.81. The van der Waals surface area contributed by atoms with Crippen molar-refractivity contribution in [2.24, 2.45) is 5.92 Å². The Bertz CT molecular complexity index is 1050. The molecular formula is C22H19F3N2O. The zero-order valence-corrected chi connectivity index (χ0v) is 15.1. The molecule has 0 radical (unpaired) electrons. The van der Waals surface area contributed by atoms with Gasteiger partial charge in [0.15, 0.2) is 0 Å². The van der Waals surface area contributed by atoms with Crippen molar-refractivity contribution in [2.75, 3.05) is 6.54 Å². The maximum Gasteiger partial charge on any atom is 0.416 e. The molecule has 3 aromatic rings. The average Bonchev–Trinajstić information content (AvgIpc) is 3.40. The number of hydrogen-bond acceptors (Lipinski definition) is 1. The molecule has 2 aromatic carbocycles. The van der Waals surface area contributed by atoms with Crippen molar-refractivity contribution in [1.82, 2.24) is 9.47 Å². The molecule has 2 aliphatic rings. The largest absolute Gasteiger partial charge is 0.416 e. The van der Waals surface area contributed by atoms with E-state index in [2.05, 4.69) is 22.8 Å². The first kappa shape index (κ1) is 17.3. The van der Waals surface area contributed by atoms with E-state index in [0.29, 0.717) is 19.5 Å². The standard InChI is InChI=1S/C22H19F3N2O/c23-22(24,25)16-7-5-14(6-8-16)18-12-19(18)21(28)26-9-10-27-17(13-26)11-15-3-1-2-4-20(15)27/h1-8,11,18-19H,9-10,12-13H2. The van der Waals surface area contributed by atoms with Crippen LogP contribution in [0.1, 0.15) is 29.2 Å². The van der Waals surface area contributed by atoms with E-state index < -0.39 is 11.7 Å². The summed E-state index contributed by atoms with van der Waals surface area (Å²) in [6, 6.07) is 15.6. The van der Waals surface area contributed by atoms with Crippen LogP contribution in [0.4, 0.5) is 13.2 Å². The summed E-state index contributed by atoms with van der Waals surface area (Å²) in [5.74, 6) is 0.0247. The Kier molecular flexibility index (Phi) is 3.79. The van der Waals surface area contributed by atoms with Crippen LogP contribution < -0.4 is 0 Å². The number of amides is 1. The molecule has 2 heterocycles. The molecule has 28 heavy (non-hydrogen) atoms. The molecule has 3 nitrogen and oxygen atoms in total. The number of halogens is 3. The lowest BCUT2D eigenvalue weighted by Gasteiger charge is -2.29. The van der Waals surface area contributed by atoms with Gasteiger partial charge in [0.25, 0.3) is 0 Å². The van der Waals surface area contributed by atoms with Crippen molar-refractivity contribution in [3.63, 3.8) is 0 Å². The maximum absolute atomic E-state index is 12.9. The van der Waals surface area contributed by atoms with Crippen molar-refractivity contribution in [2.45, 2.75) is 31.6 Å². The van der Waals surface area contributed by atoms with Crippen LogP contribution >= 0.6 is 0 Å². The number of hydrogen-bond donors (Lipinski definition) is 0. The summed E-state index contributed by atoms with van der Waals surface area (Å²) >= 11 is 0. The summed E-state index contributed by atoms with van der Waals surface area (Å²) in [5, 5.41) is 1.18. The van der Waals surface area contributed by atoms with E-state index in [1.807, 2.05) is 17.0 Å². The second kappa shape index (κ2) is 6.12. The average molecular weight is 384 g/mol. The third-order valence-electron chi connectivity index (χ3n) is 5.93. The number of carbonyl (C=O) groups excluding carboxylic acids is 1. The van der Waals surface area contributed by atoms with Crippen LogP contribution in [0.3, 0.4) is 0 Å². The predicted molar refractivity (Wildman–Crippen MR) is 99.6 cm³/mol. The Hall–Kier alpha value is -2.76. The SMILES string of the molecule is O=C(C1CC1c1ccc(C(F)(F)F)cc1)N1CCn2c(cc3ccccc32)C1. The quantitative estimate of drug-likeness (QED) is 0.623. The second-order valence-electron chi connectivity index (χ2n) is 7.67. The maximum atomic E-state index is 12.9. The van der Waals surface area contributed by atoms with Gasteiger partial charge in [0.2, 0.25) is 5.91 Å². The molecule has 2 atom stereocenters. The highest BCUT2D eigenvalue weighted by Crippen LogP contribution is 2.49. The zero-order chi connectivity index (χ0) is 19.5. The lowest BCUT2D eigenvalue weighted by molar-refractivity contribution is -0.137. The van der Waals surface area contributed by atoms with Crippen molar-refractivity contribution in [1.29, 1.82) is 0 Å². The van der Waals surface area contributed by atoms with Crippen molar-refractivity contribution < 1.29 is 18.0 Å². The summed E-state index contributed by atoms with van der Waals surface area (Å²) in [6.07, 6.45) is -3.62. The summed E-state index contributed by atoms with van der Waals surface area (Å²) in [6.45, 7) is 2.02. The Balaban J connectivity index is 1.29. The third kappa shape index (κ3) is 2.87. The smallest absolute Gasteiger partial charge is 0.341 e. The normalized spacial score (nSPS) is 21.6. The number of carbonyl (C=O) groups is 1. The van der Waals surface area contributed by atoms with Crippen molar-refractivity contribution >= 4 is 16.8 Å². The molecule has 6 heteroatoms. The zero-order valence-electron chi connectivity index (χ0n) is 15.1. The lowest BCUT2D eigenvalue weighted by Crippen LogP contribution is -2.39. The number of para-hydroxylation sites is 1. The number of fused-ring (bicyclic) bond motifs is 3. The summed E-state index contributed by atoms with van der Waals surface area (Å²) in [5.41, 5.74) is 2.49. The van der Waals surface area contributed by atoms with Crippen LogP contribution in [-0.4, -0.2) is 21.9 Å². The molecule has 0 saturated heterocycles. The van der Waals surface area contributed by atoms with E-state index in [-0.39, 0.29) is 17.7 Å². The molecule has 1 aromatic heterocycles. The van der Waals surface area contributed by atoms with E-state index in [4.69, 9.17) is 0 Å². The Labute approximate surface area is 160 Å². The second-order valence-corrected chi connectivity index (χ2v) is 7.67. The van der Waals surface area contributed by atoms with Gasteiger partial charge in [0.1, 0.15) is 0 Å². The number of nitrogens with zero attached hydrogens (tertiary/aromatic N) is 2.